The molecule has 0 bridgehead atoms. The molecule has 0 aromatic carbocycles. The van der Waals surface area contributed by atoms with E-state index < -0.39 is 0 Å². The third-order valence-electron chi connectivity index (χ3n) is 3.01. The van der Waals surface area contributed by atoms with Crippen molar-refractivity contribution < 1.29 is 4.74 Å². The SMILES string of the molecule is CCOC(CC)c1nc(CNC2CC2)cc(=O)[nH]1. The molecule has 100 valence electrons. The number of hydrogen-bond acceptors (Lipinski definition) is 4. The molecule has 2 N–H and O–H groups in total. The Morgan fingerprint density at radius 1 is 1.56 bits per heavy atom. The van der Waals surface area contributed by atoms with Crippen LogP contribution in [-0.4, -0.2) is 22.6 Å². The average molecular weight is 251 g/mol. The fourth-order valence-corrected chi connectivity index (χ4v) is 1.90. The highest BCUT2D eigenvalue weighted by Crippen LogP contribution is 2.19. The van der Waals surface area contributed by atoms with Crippen LogP contribution in [0.15, 0.2) is 10.9 Å². The molecule has 1 atom stereocenters. The van der Waals surface area contributed by atoms with Crippen LogP contribution in [0.3, 0.4) is 0 Å². The molecule has 1 aromatic heterocycles. The number of rotatable bonds is 7. The summed E-state index contributed by atoms with van der Waals surface area (Å²) in [5, 5.41) is 3.36. The number of ether oxygens (including phenoxy) is 1. The Balaban J connectivity index is 2.10. The second-order valence-corrected chi connectivity index (χ2v) is 4.63. The summed E-state index contributed by atoms with van der Waals surface area (Å²) in [6.45, 7) is 5.24. The standard InChI is InChI=1S/C13H21N3O2/c1-3-11(18-4-2)13-15-10(7-12(17)16-13)8-14-9-5-6-9/h7,9,11,14H,3-6,8H2,1-2H3,(H,15,16,17). The molecular formula is C13H21N3O2. The fraction of sp³-hybridized carbons (Fsp3) is 0.692. The molecule has 0 radical (unpaired) electrons. The van der Waals surface area contributed by atoms with Gasteiger partial charge in [-0.2, -0.15) is 0 Å². The lowest BCUT2D eigenvalue weighted by Crippen LogP contribution is -2.22. The largest absolute Gasteiger partial charge is 0.371 e. The van der Waals surface area contributed by atoms with Crippen LogP contribution in [0, 0.1) is 0 Å². The van der Waals surface area contributed by atoms with Gasteiger partial charge in [-0.3, -0.25) is 4.79 Å². The summed E-state index contributed by atoms with van der Waals surface area (Å²) in [6, 6.07) is 2.17. The van der Waals surface area contributed by atoms with Crippen LogP contribution in [0.2, 0.25) is 0 Å². The second kappa shape index (κ2) is 6.11. The van der Waals surface area contributed by atoms with Gasteiger partial charge < -0.3 is 15.0 Å². The van der Waals surface area contributed by atoms with Gasteiger partial charge in [-0.05, 0) is 26.2 Å². The monoisotopic (exact) mass is 251 g/mol. The van der Waals surface area contributed by atoms with Crippen LogP contribution >= 0.6 is 0 Å². The quantitative estimate of drug-likeness (QED) is 0.771. The fourth-order valence-electron chi connectivity index (χ4n) is 1.90. The van der Waals surface area contributed by atoms with E-state index in [2.05, 4.69) is 15.3 Å². The average Bonchev–Trinajstić information content (AvgIpc) is 3.16. The minimum Gasteiger partial charge on any atom is -0.371 e. The first-order valence-corrected chi connectivity index (χ1v) is 6.68. The molecule has 1 heterocycles. The second-order valence-electron chi connectivity index (χ2n) is 4.63. The summed E-state index contributed by atoms with van der Waals surface area (Å²) >= 11 is 0. The highest BCUT2D eigenvalue weighted by molar-refractivity contribution is 5.05. The normalized spacial score (nSPS) is 16.8. The van der Waals surface area contributed by atoms with Crippen LogP contribution < -0.4 is 10.9 Å². The van der Waals surface area contributed by atoms with Crippen LogP contribution in [0.1, 0.15) is 50.7 Å². The molecule has 5 nitrogen and oxygen atoms in total. The molecule has 0 saturated heterocycles. The Kier molecular flexibility index (Phi) is 4.49. The lowest BCUT2D eigenvalue weighted by Gasteiger charge is -2.14. The van der Waals surface area contributed by atoms with Crippen molar-refractivity contribution in [1.29, 1.82) is 0 Å². The summed E-state index contributed by atoms with van der Waals surface area (Å²) < 4.78 is 5.57. The van der Waals surface area contributed by atoms with Gasteiger partial charge in [0.05, 0.1) is 5.69 Å². The summed E-state index contributed by atoms with van der Waals surface area (Å²) in [5.41, 5.74) is 0.685. The zero-order valence-corrected chi connectivity index (χ0v) is 11.0. The molecule has 0 spiro atoms. The van der Waals surface area contributed by atoms with Crippen molar-refractivity contribution >= 4 is 0 Å². The Bertz CT molecular complexity index is 440. The molecule has 1 aromatic rings. The first-order valence-electron chi connectivity index (χ1n) is 6.68. The van der Waals surface area contributed by atoms with E-state index in [-0.39, 0.29) is 11.7 Å². The molecule has 18 heavy (non-hydrogen) atoms. The van der Waals surface area contributed by atoms with E-state index >= 15 is 0 Å². The number of H-pyrrole nitrogens is 1. The highest BCUT2D eigenvalue weighted by Gasteiger charge is 2.20. The first kappa shape index (κ1) is 13.2. The van der Waals surface area contributed by atoms with Gasteiger partial charge in [0, 0.05) is 25.3 Å². The maximum absolute atomic E-state index is 11.6. The topological polar surface area (TPSA) is 67.0 Å². The minimum absolute atomic E-state index is 0.106. The van der Waals surface area contributed by atoms with Gasteiger partial charge in [-0.15, -0.1) is 0 Å². The van der Waals surface area contributed by atoms with Crippen molar-refractivity contribution in [3.05, 3.63) is 27.9 Å². The Morgan fingerprint density at radius 3 is 2.94 bits per heavy atom. The molecule has 2 rings (SSSR count). The Labute approximate surface area is 107 Å². The lowest BCUT2D eigenvalue weighted by atomic mass is 10.2. The number of aromatic amines is 1. The third kappa shape index (κ3) is 3.65. The van der Waals surface area contributed by atoms with Crippen LogP contribution in [0.5, 0.6) is 0 Å². The molecule has 1 unspecified atom stereocenters. The van der Waals surface area contributed by atoms with Gasteiger partial charge in [0.25, 0.3) is 5.56 Å². The molecular weight excluding hydrogens is 230 g/mol. The molecule has 5 heteroatoms. The molecule has 0 aliphatic heterocycles. The summed E-state index contributed by atoms with van der Waals surface area (Å²) in [7, 11) is 0. The molecule has 1 fully saturated rings. The summed E-state index contributed by atoms with van der Waals surface area (Å²) in [5.74, 6) is 0.638. The van der Waals surface area contributed by atoms with Crippen molar-refractivity contribution in [3.63, 3.8) is 0 Å². The van der Waals surface area contributed by atoms with Gasteiger partial charge in [0.1, 0.15) is 11.9 Å². The van der Waals surface area contributed by atoms with E-state index in [9.17, 15) is 4.79 Å². The van der Waals surface area contributed by atoms with Gasteiger partial charge in [-0.25, -0.2) is 4.98 Å². The molecule has 1 saturated carbocycles. The van der Waals surface area contributed by atoms with Crippen molar-refractivity contribution in [3.8, 4) is 0 Å². The summed E-state index contributed by atoms with van der Waals surface area (Å²) in [6.07, 6.45) is 3.14. The first-order chi connectivity index (χ1) is 8.72. The number of hydrogen-bond donors (Lipinski definition) is 2. The highest BCUT2D eigenvalue weighted by atomic mass is 16.5. The third-order valence-corrected chi connectivity index (χ3v) is 3.01. The van der Waals surface area contributed by atoms with Crippen LogP contribution in [0.25, 0.3) is 0 Å². The number of aromatic nitrogens is 2. The zero-order chi connectivity index (χ0) is 13.0. The predicted molar refractivity (Wildman–Crippen MR) is 69.4 cm³/mol. The van der Waals surface area contributed by atoms with Crippen molar-refractivity contribution in [2.75, 3.05) is 6.61 Å². The van der Waals surface area contributed by atoms with Crippen LogP contribution in [-0.2, 0) is 11.3 Å². The van der Waals surface area contributed by atoms with Crippen molar-refractivity contribution in [2.45, 2.75) is 51.8 Å². The van der Waals surface area contributed by atoms with Gasteiger partial charge in [0.2, 0.25) is 0 Å². The van der Waals surface area contributed by atoms with E-state index in [0.717, 1.165) is 12.1 Å². The number of nitrogens with zero attached hydrogens (tertiary/aromatic N) is 1. The van der Waals surface area contributed by atoms with Crippen LogP contribution in [0.4, 0.5) is 0 Å². The lowest BCUT2D eigenvalue weighted by molar-refractivity contribution is 0.0531. The van der Waals surface area contributed by atoms with E-state index in [1.807, 2.05) is 13.8 Å². The van der Waals surface area contributed by atoms with Gasteiger partial charge >= 0.3 is 0 Å². The zero-order valence-electron chi connectivity index (χ0n) is 11.0. The van der Waals surface area contributed by atoms with Gasteiger partial charge in [-0.1, -0.05) is 6.92 Å². The maximum atomic E-state index is 11.6. The van der Waals surface area contributed by atoms with E-state index in [4.69, 9.17) is 4.74 Å². The Hall–Kier alpha value is -1.20. The molecule has 0 amide bonds. The maximum Gasteiger partial charge on any atom is 0.251 e. The van der Waals surface area contributed by atoms with E-state index in [0.29, 0.717) is 25.0 Å². The van der Waals surface area contributed by atoms with Crippen molar-refractivity contribution in [1.82, 2.24) is 15.3 Å². The number of nitrogens with one attached hydrogen (secondary N) is 2. The van der Waals surface area contributed by atoms with E-state index in [1.165, 1.54) is 12.8 Å². The van der Waals surface area contributed by atoms with Crippen molar-refractivity contribution in [2.24, 2.45) is 0 Å². The van der Waals surface area contributed by atoms with E-state index in [1.54, 1.807) is 6.07 Å². The predicted octanol–water partition coefficient (Wildman–Crippen LogP) is 1.51. The smallest absolute Gasteiger partial charge is 0.251 e. The molecule has 1 aliphatic carbocycles. The molecule has 1 aliphatic rings. The Morgan fingerprint density at radius 2 is 2.33 bits per heavy atom. The van der Waals surface area contributed by atoms with Gasteiger partial charge in [0.15, 0.2) is 0 Å². The minimum atomic E-state index is -0.122. The summed E-state index contributed by atoms with van der Waals surface area (Å²) in [4.78, 5) is 18.9.